The largest absolute Gasteiger partial charge is 0.271 e. The molecule has 0 aliphatic heterocycles. The molecule has 1 aromatic carbocycles. The standard InChI is InChI=1S/C14H18N4/c1-10-8-13(11(2)18-17-10)14(16-15)9-12-6-4-3-5-7-12/h3-8,14,16H,9,15H2,1-2H3. The molecule has 2 aromatic rings. The molecule has 0 radical (unpaired) electrons. The lowest BCUT2D eigenvalue weighted by atomic mass is 9.98. The average Bonchev–Trinajstić information content (AvgIpc) is 2.40. The van der Waals surface area contributed by atoms with E-state index in [0.29, 0.717) is 0 Å². The number of benzene rings is 1. The molecule has 1 heterocycles. The van der Waals surface area contributed by atoms with Crippen molar-refractivity contribution in [1.82, 2.24) is 15.6 Å². The van der Waals surface area contributed by atoms with E-state index >= 15 is 0 Å². The van der Waals surface area contributed by atoms with E-state index in [1.54, 1.807) is 0 Å². The molecule has 0 amide bonds. The van der Waals surface area contributed by atoms with E-state index in [9.17, 15) is 0 Å². The first-order valence-corrected chi connectivity index (χ1v) is 6.01. The van der Waals surface area contributed by atoms with E-state index in [0.717, 1.165) is 23.4 Å². The van der Waals surface area contributed by atoms with Crippen LogP contribution >= 0.6 is 0 Å². The highest BCUT2D eigenvalue weighted by atomic mass is 15.2. The van der Waals surface area contributed by atoms with Gasteiger partial charge in [0.1, 0.15) is 0 Å². The van der Waals surface area contributed by atoms with Gasteiger partial charge in [-0.1, -0.05) is 30.3 Å². The molecule has 0 aliphatic rings. The quantitative estimate of drug-likeness (QED) is 0.634. The van der Waals surface area contributed by atoms with Crippen molar-refractivity contribution in [3.8, 4) is 0 Å². The van der Waals surface area contributed by atoms with Crippen molar-refractivity contribution in [2.24, 2.45) is 5.84 Å². The van der Waals surface area contributed by atoms with Crippen LogP contribution in [0.5, 0.6) is 0 Å². The Bertz CT molecular complexity index is 510. The maximum Gasteiger partial charge on any atom is 0.0648 e. The molecule has 0 spiro atoms. The van der Waals surface area contributed by atoms with Crippen molar-refractivity contribution in [3.63, 3.8) is 0 Å². The zero-order valence-corrected chi connectivity index (χ0v) is 10.7. The van der Waals surface area contributed by atoms with Gasteiger partial charge >= 0.3 is 0 Å². The number of nitrogens with zero attached hydrogens (tertiary/aromatic N) is 2. The SMILES string of the molecule is Cc1cc(C(Cc2ccccc2)NN)c(C)nn1. The van der Waals surface area contributed by atoms with Crippen LogP contribution in [0.4, 0.5) is 0 Å². The lowest BCUT2D eigenvalue weighted by Gasteiger charge is -2.18. The molecule has 1 atom stereocenters. The molecule has 0 saturated heterocycles. The van der Waals surface area contributed by atoms with E-state index in [2.05, 4.69) is 27.8 Å². The fraction of sp³-hybridized carbons (Fsp3) is 0.286. The summed E-state index contributed by atoms with van der Waals surface area (Å²) in [5, 5.41) is 8.19. The van der Waals surface area contributed by atoms with Gasteiger partial charge in [0, 0.05) is 0 Å². The van der Waals surface area contributed by atoms with Crippen molar-refractivity contribution in [1.29, 1.82) is 0 Å². The first kappa shape index (κ1) is 12.7. The Morgan fingerprint density at radius 1 is 1.17 bits per heavy atom. The summed E-state index contributed by atoms with van der Waals surface area (Å²) in [5.41, 5.74) is 7.04. The minimum absolute atomic E-state index is 0.0570. The van der Waals surface area contributed by atoms with E-state index in [1.807, 2.05) is 38.1 Å². The summed E-state index contributed by atoms with van der Waals surface area (Å²) >= 11 is 0. The number of aromatic nitrogens is 2. The fourth-order valence-corrected chi connectivity index (χ4v) is 2.03. The van der Waals surface area contributed by atoms with Crippen molar-refractivity contribution < 1.29 is 0 Å². The molecule has 4 nitrogen and oxygen atoms in total. The van der Waals surface area contributed by atoms with Gasteiger partial charge in [-0.05, 0) is 37.5 Å². The average molecular weight is 242 g/mol. The van der Waals surface area contributed by atoms with E-state index in [4.69, 9.17) is 5.84 Å². The van der Waals surface area contributed by atoms with Crippen LogP contribution in [0.3, 0.4) is 0 Å². The number of hydrogen-bond donors (Lipinski definition) is 2. The second kappa shape index (κ2) is 5.71. The second-order valence-electron chi connectivity index (χ2n) is 4.44. The van der Waals surface area contributed by atoms with Crippen LogP contribution in [-0.2, 0) is 6.42 Å². The maximum absolute atomic E-state index is 5.67. The molecule has 0 bridgehead atoms. The van der Waals surface area contributed by atoms with Crippen LogP contribution in [0.2, 0.25) is 0 Å². The molecule has 4 heteroatoms. The van der Waals surface area contributed by atoms with Gasteiger partial charge in [0.25, 0.3) is 0 Å². The van der Waals surface area contributed by atoms with Gasteiger partial charge < -0.3 is 0 Å². The predicted octanol–water partition coefficient (Wildman–Crippen LogP) is 1.84. The zero-order chi connectivity index (χ0) is 13.0. The number of aryl methyl sites for hydroxylation is 2. The molecule has 94 valence electrons. The van der Waals surface area contributed by atoms with Crippen molar-refractivity contribution in [2.45, 2.75) is 26.3 Å². The number of rotatable bonds is 4. The summed E-state index contributed by atoms with van der Waals surface area (Å²) < 4.78 is 0. The zero-order valence-electron chi connectivity index (χ0n) is 10.7. The molecular weight excluding hydrogens is 224 g/mol. The first-order chi connectivity index (χ1) is 8.70. The third-order valence-corrected chi connectivity index (χ3v) is 3.00. The highest BCUT2D eigenvalue weighted by molar-refractivity contribution is 5.26. The maximum atomic E-state index is 5.67. The molecule has 18 heavy (non-hydrogen) atoms. The monoisotopic (exact) mass is 242 g/mol. The van der Waals surface area contributed by atoms with Crippen molar-refractivity contribution >= 4 is 0 Å². The Labute approximate surface area is 107 Å². The Morgan fingerprint density at radius 3 is 2.56 bits per heavy atom. The summed E-state index contributed by atoms with van der Waals surface area (Å²) in [6.45, 7) is 3.89. The Balaban J connectivity index is 2.26. The van der Waals surface area contributed by atoms with Crippen LogP contribution in [0.25, 0.3) is 0 Å². The number of hydrogen-bond acceptors (Lipinski definition) is 4. The highest BCUT2D eigenvalue weighted by Crippen LogP contribution is 2.20. The van der Waals surface area contributed by atoms with Crippen LogP contribution in [0, 0.1) is 13.8 Å². The fourth-order valence-electron chi connectivity index (χ4n) is 2.03. The van der Waals surface area contributed by atoms with E-state index in [1.165, 1.54) is 5.56 Å². The third-order valence-electron chi connectivity index (χ3n) is 3.00. The summed E-state index contributed by atoms with van der Waals surface area (Å²) in [7, 11) is 0. The Morgan fingerprint density at radius 2 is 1.89 bits per heavy atom. The van der Waals surface area contributed by atoms with Gasteiger partial charge in [0.15, 0.2) is 0 Å². The number of hydrazine groups is 1. The van der Waals surface area contributed by atoms with Crippen LogP contribution < -0.4 is 11.3 Å². The lowest BCUT2D eigenvalue weighted by molar-refractivity contribution is 0.544. The van der Waals surface area contributed by atoms with Crippen LogP contribution in [-0.4, -0.2) is 10.2 Å². The van der Waals surface area contributed by atoms with Gasteiger partial charge in [-0.15, -0.1) is 0 Å². The Kier molecular flexibility index (Phi) is 4.02. The van der Waals surface area contributed by atoms with Gasteiger partial charge in [-0.2, -0.15) is 10.2 Å². The first-order valence-electron chi connectivity index (χ1n) is 6.01. The topological polar surface area (TPSA) is 63.8 Å². The molecule has 2 rings (SSSR count). The summed E-state index contributed by atoms with van der Waals surface area (Å²) in [5.74, 6) is 5.67. The summed E-state index contributed by atoms with van der Waals surface area (Å²) in [6.07, 6.45) is 0.837. The number of nitrogens with one attached hydrogen (secondary N) is 1. The van der Waals surface area contributed by atoms with Gasteiger partial charge in [0.05, 0.1) is 17.4 Å². The van der Waals surface area contributed by atoms with Gasteiger partial charge in [-0.25, -0.2) is 0 Å². The summed E-state index contributed by atoms with van der Waals surface area (Å²) in [6, 6.07) is 12.4. The molecule has 0 aliphatic carbocycles. The highest BCUT2D eigenvalue weighted by Gasteiger charge is 2.14. The number of nitrogens with two attached hydrogens (primary N) is 1. The molecular formula is C14H18N4. The minimum atomic E-state index is 0.0570. The van der Waals surface area contributed by atoms with Crippen molar-refractivity contribution in [2.75, 3.05) is 0 Å². The smallest absolute Gasteiger partial charge is 0.0648 e. The molecule has 3 N–H and O–H groups in total. The Hall–Kier alpha value is -1.78. The minimum Gasteiger partial charge on any atom is -0.271 e. The van der Waals surface area contributed by atoms with Crippen molar-refractivity contribution in [3.05, 3.63) is 58.9 Å². The second-order valence-corrected chi connectivity index (χ2v) is 4.44. The molecule has 0 fully saturated rings. The predicted molar refractivity (Wildman–Crippen MR) is 71.7 cm³/mol. The summed E-state index contributed by atoms with van der Waals surface area (Å²) in [4.78, 5) is 0. The lowest BCUT2D eigenvalue weighted by Crippen LogP contribution is -2.30. The molecule has 1 aromatic heterocycles. The molecule has 1 unspecified atom stereocenters. The normalized spacial score (nSPS) is 12.4. The van der Waals surface area contributed by atoms with Gasteiger partial charge in [0.2, 0.25) is 0 Å². The van der Waals surface area contributed by atoms with Gasteiger partial charge in [-0.3, -0.25) is 11.3 Å². The third kappa shape index (κ3) is 2.91. The van der Waals surface area contributed by atoms with E-state index in [-0.39, 0.29) is 6.04 Å². The van der Waals surface area contributed by atoms with Crippen LogP contribution in [0.15, 0.2) is 36.4 Å². The van der Waals surface area contributed by atoms with E-state index < -0.39 is 0 Å². The molecule has 0 saturated carbocycles. The van der Waals surface area contributed by atoms with Crippen LogP contribution in [0.1, 0.15) is 28.6 Å².